The van der Waals surface area contributed by atoms with Crippen LogP contribution in [0, 0.1) is 18.9 Å². The van der Waals surface area contributed by atoms with Crippen LogP contribution in [0.2, 0.25) is 0 Å². The van der Waals surface area contributed by atoms with Crippen LogP contribution in [0.5, 0.6) is 0 Å². The molecule has 0 fully saturated rings. The van der Waals surface area contributed by atoms with Crippen molar-refractivity contribution in [3.05, 3.63) is 150 Å². The van der Waals surface area contributed by atoms with E-state index < -0.39 is 0 Å². The van der Waals surface area contributed by atoms with E-state index in [0.29, 0.717) is 5.92 Å². The predicted molar refractivity (Wildman–Crippen MR) is 206 cm³/mol. The second kappa shape index (κ2) is 15.9. The quantitative estimate of drug-likeness (QED) is 0.101. The monoisotopic (exact) mass is 671 g/mol. The molecule has 1 aromatic heterocycles. The molecule has 1 aliphatic carbocycles. The minimum Gasteiger partial charge on any atom is -0.343 e. The Bertz CT molecular complexity index is 2130. The van der Waals surface area contributed by atoms with Crippen molar-refractivity contribution in [3.8, 4) is 0 Å². The van der Waals surface area contributed by atoms with Gasteiger partial charge in [-0.25, -0.2) is 0 Å². The fraction of sp³-hybridized carbons (Fsp3) is 0.261. The fourth-order valence-electron chi connectivity index (χ4n) is 7.16. The van der Waals surface area contributed by atoms with Gasteiger partial charge in [-0.2, -0.15) is 6.42 Å². The largest absolute Gasteiger partial charge is 0.343 e. The molecule has 48 heavy (non-hydrogen) atoms. The maximum Gasteiger partial charge on any atom is -0.0678 e. The van der Waals surface area contributed by atoms with Gasteiger partial charge in [-0.3, -0.25) is 0 Å². The Morgan fingerprint density at radius 3 is 2.35 bits per heavy atom. The Hall–Kier alpha value is -4.00. The number of allylic oxidation sites excluding steroid dienone is 4. The molecular formula is C46H47NNi-2. The summed E-state index contributed by atoms with van der Waals surface area (Å²) in [6.07, 6.45) is 12.5. The van der Waals surface area contributed by atoms with Gasteiger partial charge in [-0.05, 0) is 0 Å². The van der Waals surface area contributed by atoms with E-state index in [1.165, 1.54) is 74.0 Å². The van der Waals surface area contributed by atoms with E-state index in [1.54, 1.807) is 0 Å². The normalized spacial score (nSPS) is 15.1. The first-order valence-electron chi connectivity index (χ1n) is 17.7. The topological polar surface area (TPSA) is 4.93 Å². The van der Waals surface area contributed by atoms with E-state index in [-0.39, 0.29) is 0 Å². The zero-order valence-electron chi connectivity index (χ0n) is 28.7. The standard InChI is InChI=1S/C42H38N.C4H9.Ni/c1-3-4-29-43-39(38-21-11-18-34-19-12-22-40(43)42(34)38)28-26-35-25-27-36(41(35)33-14-6-5-7-15-33)30(2)23-24-32-17-10-16-31-13-8-9-20-37(31)32;1-3-4-2;/h5-19,21-22,26,28,30H,3-4,23,25,27,29H2,1-2H3;1,3-4H2,2H3;/q2*-1;/b35-26+,39-28+;;. The number of benzene rings is 5. The van der Waals surface area contributed by atoms with Gasteiger partial charge in [-0.15, -0.1) is 0 Å². The molecule has 0 aliphatic heterocycles. The van der Waals surface area contributed by atoms with E-state index in [0.717, 1.165) is 47.7 Å². The molecule has 1 heterocycles. The van der Waals surface area contributed by atoms with Crippen LogP contribution in [0.25, 0.3) is 44.1 Å². The van der Waals surface area contributed by atoms with Crippen molar-refractivity contribution in [3.63, 3.8) is 0 Å². The van der Waals surface area contributed by atoms with Crippen LogP contribution in [0.4, 0.5) is 0 Å². The summed E-state index contributed by atoms with van der Waals surface area (Å²) in [6, 6.07) is 40.5. The molecule has 2 heteroatoms. The molecule has 1 unspecified atom stereocenters. The number of fused-ring (bicyclic) bond motifs is 1. The average molecular weight is 673 g/mol. The Kier molecular flexibility index (Phi) is 11.2. The van der Waals surface area contributed by atoms with Gasteiger partial charge in [-0.1, -0.05) is 44.9 Å². The minimum atomic E-state index is 0.358. The van der Waals surface area contributed by atoms with Crippen molar-refractivity contribution in [2.24, 2.45) is 5.92 Å². The summed E-state index contributed by atoms with van der Waals surface area (Å²) < 4.78 is 3.61. The molecule has 0 saturated heterocycles. The zero-order chi connectivity index (χ0) is 33.5. The maximum atomic E-state index is 5.73. The van der Waals surface area contributed by atoms with Gasteiger partial charge in [0.1, 0.15) is 0 Å². The van der Waals surface area contributed by atoms with Crippen molar-refractivity contribution in [2.45, 2.75) is 72.3 Å². The number of hydrogen-bond acceptors (Lipinski definition) is 0. The van der Waals surface area contributed by atoms with E-state index >= 15 is 0 Å². The van der Waals surface area contributed by atoms with Crippen LogP contribution in [-0.2, 0) is 21.6 Å². The number of unbranched alkanes of at least 4 members (excludes halogenated alkanes) is 2. The third-order valence-corrected chi connectivity index (χ3v) is 10.1. The molecule has 0 bridgehead atoms. The van der Waals surface area contributed by atoms with E-state index in [4.69, 9.17) is 15.0 Å². The third kappa shape index (κ3) is 7.06. The molecule has 0 amide bonds. The first-order chi connectivity index (χ1) is 23.5. The smallest absolute Gasteiger partial charge is 0.0678 e. The Morgan fingerprint density at radius 2 is 1.58 bits per heavy atom. The van der Waals surface area contributed by atoms with Gasteiger partial charge in [0.2, 0.25) is 0 Å². The number of nitrogens with zero attached hydrogens (tertiary/aromatic N) is 1. The second-order valence-electron chi connectivity index (χ2n) is 13.0. The van der Waals surface area contributed by atoms with Crippen molar-refractivity contribution < 1.29 is 15.0 Å². The summed E-state index contributed by atoms with van der Waals surface area (Å²) in [5.41, 5.74) is 8.19. The van der Waals surface area contributed by atoms with Crippen molar-refractivity contribution in [2.75, 3.05) is 0 Å². The number of hydrogen-bond donors (Lipinski definition) is 0. The molecule has 1 aliphatic rings. The Labute approximate surface area is 295 Å². The second-order valence-corrected chi connectivity index (χ2v) is 13.6. The van der Waals surface area contributed by atoms with Crippen LogP contribution >= 0.6 is 0 Å². The van der Waals surface area contributed by atoms with E-state index in [9.17, 15) is 0 Å². The van der Waals surface area contributed by atoms with Gasteiger partial charge < -0.3 is 6.92 Å². The molecule has 0 spiro atoms. The number of aryl methyl sites for hydroxylation is 1. The summed E-state index contributed by atoms with van der Waals surface area (Å²) in [6.45, 7) is 11.4. The summed E-state index contributed by atoms with van der Waals surface area (Å²) in [7, 11) is 0. The number of rotatable bonds is 10. The van der Waals surface area contributed by atoms with Crippen LogP contribution in [0.15, 0.2) is 120 Å². The average Bonchev–Trinajstić information content (AvgIpc) is 3.70. The van der Waals surface area contributed by atoms with Crippen molar-refractivity contribution in [1.82, 2.24) is 4.57 Å². The molecule has 0 N–H and O–H groups in total. The molecular weight excluding hydrogens is 625 g/mol. The van der Waals surface area contributed by atoms with Crippen LogP contribution in [0.1, 0.15) is 76.8 Å². The molecule has 6 aromatic rings. The van der Waals surface area contributed by atoms with Crippen LogP contribution in [0.3, 0.4) is 0 Å². The maximum absolute atomic E-state index is 5.73. The first kappa shape index (κ1) is 33.9. The van der Waals surface area contributed by atoms with E-state index in [1.807, 2.05) is 12.1 Å². The Balaban J connectivity index is 0.000000952. The summed E-state index contributed by atoms with van der Waals surface area (Å²) >= 11 is 5.73. The molecule has 7 rings (SSSR count). The molecule has 0 radical (unpaired) electrons. The van der Waals surface area contributed by atoms with Gasteiger partial charge in [0.25, 0.3) is 0 Å². The zero-order valence-corrected chi connectivity index (χ0v) is 29.7. The van der Waals surface area contributed by atoms with E-state index in [2.05, 4.69) is 141 Å². The molecule has 5 aromatic carbocycles. The predicted octanol–water partition coefficient (Wildman–Crippen LogP) is 11.6. The SMILES string of the molecule is CCCCn1/c(=C/C=C2\CCC(C(C)C[C](=[Ni])c3cccc4ccc[c-]c34)=C2c2ccccc2)c2cccc3cccc1c32.[CH2-]CCC. The van der Waals surface area contributed by atoms with Gasteiger partial charge in [0.15, 0.2) is 0 Å². The van der Waals surface area contributed by atoms with Crippen LogP contribution in [-0.4, -0.2) is 9.06 Å². The van der Waals surface area contributed by atoms with Crippen molar-refractivity contribution in [1.29, 1.82) is 0 Å². The summed E-state index contributed by atoms with van der Waals surface area (Å²) in [5.74, 6) is 0.358. The van der Waals surface area contributed by atoms with Gasteiger partial charge in [0, 0.05) is 0 Å². The fourth-order valence-corrected chi connectivity index (χ4v) is 7.67. The number of aromatic nitrogens is 1. The van der Waals surface area contributed by atoms with Crippen molar-refractivity contribution >= 4 is 48.6 Å². The summed E-state index contributed by atoms with van der Waals surface area (Å²) in [5, 5.41) is 7.72. The minimum absolute atomic E-state index is 0.358. The molecule has 248 valence electrons. The van der Waals surface area contributed by atoms with Gasteiger partial charge in [0.05, 0.1) is 0 Å². The third-order valence-electron chi connectivity index (χ3n) is 9.68. The Morgan fingerprint density at radius 1 is 0.854 bits per heavy atom. The molecule has 1 nitrogen and oxygen atoms in total. The molecule has 1 atom stereocenters. The summed E-state index contributed by atoms with van der Waals surface area (Å²) in [4.78, 5) is 0. The van der Waals surface area contributed by atoms with Gasteiger partial charge >= 0.3 is 238 Å². The van der Waals surface area contributed by atoms with Crippen LogP contribution < -0.4 is 5.35 Å². The first-order valence-corrected chi connectivity index (χ1v) is 18.2. The molecule has 0 saturated carbocycles.